The highest BCUT2D eigenvalue weighted by molar-refractivity contribution is 9.10. The van der Waals surface area contributed by atoms with Gasteiger partial charge >= 0.3 is 0 Å². The highest BCUT2D eigenvalue weighted by Gasteiger charge is 2.12. The predicted octanol–water partition coefficient (Wildman–Crippen LogP) is 5.25. The van der Waals surface area contributed by atoms with E-state index >= 15 is 0 Å². The molecule has 0 unspecified atom stereocenters. The third-order valence-corrected chi connectivity index (χ3v) is 4.93. The van der Waals surface area contributed by atoms with Crippen LogP contribution >= 0.6 is 28.1 Å². The molecule has 0 radical (unpaired) electrons. The Morgan fingerprint density at radius 3 is 2.15 bits per heavy atom. The summed E-state index contributed by atoms with van der Waals surface area (Å²) in [6, 6.07) is 20.0. The van der Waals surface area contributed by atoms with Crippen molar-refractivity contribution in [3.63, 3.8) is 0 Å². The van der Waals surface area contributed by atoms with Crippen molar-refractivity contribution in [1.29, 1.82) is 0 Å². The van der Waals surface area contributed by atoms with E-state index in [1.165, 1.54) is 0 Å². The molecule has 138 valence electrons. The fraction of sp³-hybridized carbons (Fsp3) is 0.143. The van der Waals surface area contributed by atoms with Gasteiger partial charge in [-0.25, -0.2) is 0 Å². The number of aromatic nitrogens is 1. The summed E-state index contributed by atoms with van der Waals surface area (Å²) in [6.45, 7) is 1.38. The van der Waals surface area contributed by atoms with Gasteiger partial charge in [0, 0.05) is 35.6 Å². The topological polar surface area (TPSA) is 37.4 Å². The first-order chi connectivity index (χ1) is 13.1. The fourth-order valence-electron chi connectivity index (χ4n) is 2.60. The zero-order valence-corrected chi connectivity index (χ0v) is 17.3. The van der Waals surface area contributed by atoms with Crippen molar-refractivity contribution in [2.75, 3.05) is 12.4 Å². The van der Waals surface area contributed by atoms with E-state index < -0.39 is 0 Å². The lowest BCUT2D eigenvalue weighted by molar-refractivity contribution is 0.407. The molecule has 27 heavy (non-hydrogen) atoms. The molecule has 0 atom stereocenters. The van der Waals surface area contributed by atoms with E-state index in [9.17, 15) is 0 Å². The van der Waals surface area contributed by atoms with Crippen LogP contribution in [0.15, 0.2) is 77.5 Å². The van der Waals surface area contributed by atoms with Crippen LogP contribution in [0.5, 0.6) is 5.75 Å². The van der Waals surface area contributed by atoms with Gasteiger partial charge in [-0.1, -0.05) is 28.1 Å². The Labute approximate surface area is 173 Å². The number of nitrogens with zero attached hydrogens (tertiary/aromatic N) is 2. The van der Waals surface area contributed by atoms with Gasteiger partial charge in [0.25, 0.3) is 0 Å². The van der Waals surface area contributed by atoms with Crippen molar-refractivity contribution in [1.82, 2.24) is 9.88 Å². The molecule has 3 aromatic rings. The number of nitrogens with one attached hydrogen (secondary N) is 1. The molecule has 2 aromatic carbocycles. The van der Waals surface area contributed by atoms with Crippen LogP contribution in [-0.4, -0.2) is 22.1 Å². The number of hydrogen-bond donors (Lipinski definition) is 1. The largest absolute Gasteiger partial charge is 0.497 e. The second-order valence-corrected chi connectivity index (χ2v) is 7.30. The van der Waals surface area contributed by atoms with E-state index in [0.717, 1.165) is 27.0 Å². The van der Waals surface area contributed by atoms with Crippen molar-refractivity contribution in [3.05, 3.63) is 88.7 Å². The molecule has 1 heterocycles. The maximum absolute atomic E-state index is 5.70. The summed E-state index contributed by atoms with van der Waals surface area (Å²) < 4.78 is 6.28. The van der Waals surface area contributed by atoms with Crippen LogP contribution in [-0.2, 0) is 13.1 Å². The van der Waals surface area contributed by atoms with E-state index in [-0.39, 0.29) is 0 Å². The fourth-order valence-corrected chi connectivity index (χ4v) is 3.11. The molecule has 3 rings (SSSR count). The minimum Gasteiger partial charge on any atom is -0.497 e. The Morgan fingerprint density at radius 1 is 0.963 bits per heavy atom. The molecule has 0 aliphatic heterocycles. The third kappa shape index (κ3) is 5.77. The minimum absolute atomic E-state index is 0.671. The van der Waals surface area contributed by atoms with Gasteiger partial charge in [0.15, 0.2) is 5.11 Å². The number of pyridine rings is 1. The van der Waals surface area contributed by atoms with Gasteiger partial charge in [0.05, 0.1) is 7.11 Å². The summed E-state index contributed by atoms with van der Waals surface area (Å²) in [5.74, 6) is 0.843. The molecule has 0 saturated carbocycles. The van der Waals surface area contributed by atoms with Gasteiger partial charge in [-0.05, 0) is 71.9 Å². The number of rotatable bonds is 6. The maximum Gasteiger partial charge on any atom is 0.174 e. The predicted molar refractivity (Wildman–Crippen MR) is 117 cm³/mol. The molecule has 0 aliphatic carbocycles. The summed E-state index contributed by atoms with van der Waals surface area (Å²) in [4.78, 5) is 6.22. The summed E-state index contributed by atoms with van der Waals surface area (Å²) in [5.41, 5.74) is 3.26. The molecule has 6 heteroatoms. The number of thiocarbonyl (C=S) groups is 1. The second kappa shape index (κ2) is 9.48. The molecule has 0 aliphatic rings. The molecule has 0 saturated heterocycles. The number of halogens is 1. The van der Waals surface area contributed by atoms with Crippen LogP contribution in [0.3, 0.4) is 0 Å². The van der Waals surface area contributed by atoms with Crippen molar-refractivity contribution >= 4 is 38.9 Å². The highest BCUT2D eigenvalue weighted by Crippen LogP contribution is 2.18. The SMILES string of the molecule is COc1ccc(CN(Cc2ccncc2)C(=S)Nc2ccc(Br)cc2)cc1. The van der Waals surface area contributed by atoms with E-state index in [4.69, 9.17) is 17.0 Å². The number of ether oxygens (including phenoxy) is 1. The van der Waals surface area contributed by atoms with Gasteiger partial charge in [-0.3, -0.25) is 4.98 Å². The smallest absolute Gasteiger partial charge is 0.174 e. The van der Waals surface area contributed by atoms with Crippen LogP contribution < -0.4 is 10.1 Å². The Balaban J connectivity index is 1.77. The molecular formula is C21H20BrN3OS. The average molecular weight is 442 g/mol. The summed E-state index contributed by atoms with van der Waals surface area (Å²) in [6.07, 6.45) is 3.60. The zero-order valence-electron chi connectivity index (χ0n) is 14.9. The lowest BCUT2D eigenvalue weighted by Crippen LogP contribution is -2.33. The quantitative estimate of drug-likeness (QED) is 0.528. The minimum atomic E-state index is 0.671. The van der Waals surface area contributed by atoms with Crippen LogP contribution in [0.1, 0.15) is 11.1 Å². The third-order valence-electron chi connectivity index (χ3n) is 4.04. The van der Waals surface area contributed by atoms with E-state index in [2.05, 4.69) is 43.3 Å². The van der Waals surface area contributed by atoms with Crippen LogP contribution in [0, 0.1) is 0 Å². The number of hydrogen-bond acceptors (Lipinski definition) is 3. The molecular weight excluding hydrogens is 422 g/mol. The standard InChI is InChI=1S/C21H20BrN3OS/c1-26-20-8-2-16(3-9-20)14-25(15-17-10-12-23-13-11-17)21(27)24-19-6-4-18(22)5-7-19/h2-13H,14-15H2,1H3,(H,24,27). The lowest BCUT2D eigenvalue weighted by atomic mass is 10.2. The van der Waals surface area contributed by atoms with E-state index in [1.807, 2.05) is 48.5 Å². The summed E-state index contributed by atoms with van der Waals surface area (Å²) >= 11 is 9.15. The van der Waals surface area contributed by atoms with Gasteiger partial charge in [-0.2, -0.15) is 0 Å². The van der Waals surface area contributed by atoms with Gasteiger partial charge in [0.1, 0.15) is 5.75 Å². The van der Waals surface area contributed by atoms with Gasteiger partial charge in [-0.15, -0.1) is 0 Å². The molecule has 1 N–H and O–H groups in total. The number of methoxy groups -OCH3 is 1. The summed E-state index contributed by atoms with van der Waals surface area (Å²) in [7, 11) is 1.67. The number of anilines is 1. The van der Waals surface area contributed by atoms with E-state index in [1.54, 1.807) is 19.5 Å². The Kier molecular flexibility index (Phi) is 6.79. The highest BCUT2D eigenvalue weighted by atomic mass is 79.9. The molecule has 0 amide bonds. The lowest BCUT2D eigenvalue weighted by Gasteiger charge is -2.26. The molecule has 0 bridgehead atoms. The molecule has 0 spiro atoms. The van der Waals surface area contributed by atoms with Gasteiger partial charge in [0.2, 0.25) is 0 Å². The van der Waals surface area contributed by atoms with Crippen molar-refractivity contribution in [2.24, 2.45) is 0 Å². The Hall–Kier alpha value is -2.44. The molecule has 1 aromatic heterocycles. The zero-order chi connectivity index (χ0) is 19.1. The molecule has 0 fully saturated rings. The normalized spacial score (nSPS) is 10.3. The second-order valence-electron chi connectivity index (χ2n) is 6.00. The van der Waals surface area contributed by atoms with Crippen LogP contribution in [0.2, 0.25) is 0 Å². The van der Waals surface area contributed by atoms with Crippen molar-refractivity contribution in [3.8, 4) is 5.75 Å². The van der Waals surface area contributed by atoms with E-state index in [0.29, 0.717) is 18.2 Å². The first kappa shape index (κ1) is 19.3. The molecule has 4 nitrogen and oxygen atoms in total. The van der Waals surface area contributed by atoms with Crippen molar-refractivity contribution < 1.29 is 4.74 Å². The number of benzene rings is 2. The first-order valence-electron chi connectivity index (χ1n) is 8.47. The summed E-state index contributed by atoms with van der Waals surface area (Å²) in [5, 5.41) is 4.00. The first-order valence-corrected chi connectivity index (χ1v) is 9.67. The Bertz CT molecular complexity index is 870. The van der Waals surface area contributed by atoms with Crippen LogP contribution in [0.25, 0.3) is 0 Å². The van der Waals surface area contributed by atoms with Gasteiger partial charge < -0.3 is 15.0 Å². The van der Waals surface area contributed by atoms with Crippen LogP contribution in [0.4, 0.5) is 5.69 Å². The average Bonchev–Trinajstić information content (AvgIpc) is 2.70. The van der Waals surface area contributed by atoms with Crippen molar-refractivity contribution in [2.45, 2.75) is 13.1 Å². The maximum atomic E-state index is 5.70. The monoisotopic (exact) mass is 441 g/mol. The Morgan fingerprint density at radius 2 is 1.56 bits per heavy atom.